The van der Waals surface area contributed by atoms with E-state index in [4.69, 9.17) is 9.57 Å². The van der Waals surface area contributed by atoms with Crippen LogP contribution in [-0.2, 0) is 9.57 Å². The summed E-state index contributed by atoms with van der Waals surface area (Å²) in [6.45, 7) is 10.1. The van der Waals surface area contributed by atoms with Gasteiger partial charge < -0.3 is 4.74 Å². The van der Waals surface area contributed by atoms with E-state index < -0.39 is 11.7 Å². The summed E-state index contributed by atoms with van der Waals surface area (Å²) in [4.78, 5) is 17.1. The molecule has 1 rings (SSSR count). The van der Waals surface area contributed by atoms with Crippen LogP contribution in [0.2, 0.25) is 0 Å². The van der Waals surface area contributed by atoms with Crippen LogP contribution in [0.5, 0.6) is 0 Å². The Bertz CT molecular complexity index is 287. The van der Waals surface area contributed by atoms with Crippen LogP contribution < -0.4 is 0 Å². The molecule has 0 N–H and O–H groups in total. The van der Waals surface area contributed by atoms with Crippen LogP contribution in [-0.4, -0.2) is 29.4 Å². The van der Waals surface area contributed by atoms with E-state index in [-0.39, 0.29) is 6.04 Å². The number of hydroxylamine groups is 2. The lowest BCUT2D eigenvalue weighted by molar-refractivity contribution is -0.117. The van der Waals surface area contributed by atoms with Crippen molar-refractivity contribution in [1.29, 1.82) is 0 Å². The first-order chi connectivity index (χ1) is 7.29. The fourth-order valence-corrected chi connectivity index (χ4v) is 1.52. The quantitative estimate of drug-likeness (QED) is 0.646. The average molecular weight is 227 g/mol. The topological polar surface area (TPSA) is 38.8 Å². The van der Waals surface area contributed by atoms with Gasteiger partial charge in [-0.2, -0.15) is 5.06 Å². The van der Waals surface area contributed by atoms with Crippen molar-refractivity contribution in [3.05, 3.63) is 11.6 Å². The van der Waals surface area contributed by atoms with Gasteiger partial charge in [0.05, 0.1) is 12.6 Å². The zero-order valence-corrected chi connectivity index (χ0v) is 10.7. The van der Waals surface area contributed by atoms with Gasteiger partial charge in [-0.05, 0) is 41.0 Å². The van der Waals surface area contributed by atoms with Crippen molar-refractivity contribution < 1.29 is 14.4 Å². The number of hydrogen-bond acceptors (Lipinski definition) is 3. The van der Waals surface area contributed by atoms with Crippen molar-refractivity contribution in [2.45, 2.75) is 52.7 Å². The van der Waals surface area contributed by atoms with Gasteiger partial charge in [-0.1, -0.05) is 11.6 Å². The minimum absolute atomic E-state index is 0.000139. The standard InChI is InChI=1S/C12H21NO3/c1-9(2)8-10-6-7-15-13(10)11(14)16-12(3,4)5/h8,10H,6-7H2,1-5H3. The van der Waals surface area contributed by atoms with Gasteiger partial charge in [0.1, 0.15) is 5.60 Å². The van der Waals surface area contributed by atoms with Crippen LogP contribution in [0.25, 0.3) is 0 Å². The molecule has 0 radical (unpaired) electrons. The summed E-state index contributed by atoms with van der Waals surface area (Å²) >= 11 is 0. The SMILES string of the molecule is CC(C)=CC1CCON1C(=O)OC(C)(C)C. The third kappa shape index (κ3) is 3.85. The molecular formula is C12H21NO3. The first-order valence-electron chi connectivity index (χ1n) is 5.60. The van der Waals surface area contributed by atoms with Gasteiger partial charge in [0.2, 0.25) is 0 Å². The fraction of sp³-hybridized carbons (Fsp3) is 0.750. The van der Waals surface area contributed by atoms with Gasteiger partial charge in [0.25, 0.3) is 0 Å². The number of carbonyl (C=O) groups excluding carboxylic acids is 1. The van der Waals surface area contributed by atoms with Crippen LogP contribution in [0, 0.1) is 0 Å². The predicted octanol–water partition coefficient (Wildman–Crippen LogP) is 2.89. The molecule has 4 heteroatoms. The predicted molar refractivity (Wildman–Crippen MR) is 61.9 cm³/mol. The Morgan fingerprint density at radius 3 is 2.56 bits per heavy atom. The lowest BCUT2D eigenvalue weighted by atomic mass is 10.1. The first kappa shape index (κ1) is 13.0. The molecule has 0 aromatic carbocycles. The second-order valence-electron chi connectivity index (χ2n) is 5.24. The van der Waals surface area contributed by atoms with Gasteiger partial charge >= 0.3 is 6.09 Å². The van der Waals surface area contributed by atoms with Crippen LogP contribution in [0.3, 0.4) is 0 Å². The summed E-state index contributed by atoms with van der Waals surface area (Å²) in [5.74, 6) is 0. The number of ether oxygens (including phenoxy) is 1. The number of amides is 1. The number of nitrogens with zero attached hydrogens (tertiary/aromatic N) is 1. The minimum atomic E-state index is -0.488. The van der Waals surface area contributed by atoms with Crippen molar-refractivity contribution >= 4 is 6.09 Å². The van der Waals surface area contributed by atoms with E-state index in [9.17, 15) is 4.79 Å². The lowest BCUT2D eigenvalue weighted by Crippen LogP contribution is -2.38. The highest BCUT2D eigenvalue weighted by Crippen LogP contribution is 2.20. The molecule has 1 amide bonds. The molecule has 0 aliphatic carbocycles. The Morgan fingerprint density at radius 1 is 1.44 bits per heavy atom. The van der Waals surface area contributed by atoms with E-state index in [0.29, 0.717) is 6.61 Å². The lowest BCUT2D eigenvalue weighted by Gasteiger charge is -2.25. The zero-order chi connectivity index (χ0) is 12.3. The Balaban J connectivity index is 2.65. The van der Waals surface area contributed by atoms with Gasteiger partial charge in [-0.25, -0.2) is 4.79 Å². The van der Waals surface area contributed by atoms with Gasteiger partial charge in [0, 0.05) is 0 Å². The highest BCUT2D eigenvalue weighted by Gasteiger charge is 2.32. The van der Waals surface area contributed by atoms with Crippen molar-refractivity contribution in [3.8, 4) is 0 Å². The fourth-order valence-electron chi connectivity index (χ4n) is 1.52. The highest BCUT2D eigenvalue weighted by atomic mass is 16.7. The molecule has 0 aromatic rings. The van der Waals surface area contributed by atoms with Gasteiger partial charge in [0.15, 0.2) is 0 Å². The molecule has 0 saturated carbocycles. The molecule has 1 heterocycles. The van der Waals surface area contributed by atoms with Crippen LogP contribution in [0.1, 0.15) is 41.0 Å². The van der Waals surface area contributed by atoms with Crippen molar-refractivity contribution in [2.24, 2.45) is 0 Å². The maximum atomic E-state index is 11.8. The summed E-state index contributed by atoms with van der Waals surface area (Å²) in [6.07, 6.45) is 2.44. The molecule has 1 unspecified atom stereocenters. The van der Waals surface area contributed by atoms with E-state index in [1.807, 2.05) is 40.7 Å². The molecule has 92 valence electrons. The largest absolute Gasteiger partial charge is 0.442 e. The molecule has 1 aliphatic heterocycles. The minimum Gasteiger partial charge on any atom is -0.442 e. The summed E-state index contributed by atoms with van der Waals surface area (Å²) in [6, 6.07) is -0.000139. The summed E-state index contributed by atoms with van der Waals surface area (Å²) in [5, 5.41) is 1.33. The van der Waals surface area contributed by atoms with Crippen molar-refractivity contribution in [3.63, 3.8) is 0 Å². The van der Waals surface area contributed by atoms with Crippen LogP contribution in [0.15, 0.2) is 11.6 Å². The molecule has 0 spiro atoms. The summed E-state index contributed by atoms with van der Waals surface area (Å²) < 4.78 is 5.27. The Labute approximate surface area is 97.2 Å². The maximum Gasteiger partial charge on any atom is 0.435 e. The van der Waals surface area contributed by atoms with E-state index >= 15 is 0 Å². The molecule has 0 aromatic heterocycles. The van der Waals surface area contributed by atoms with E-state index in [1.54, 1.807) is 0 Å². The maximum absolute atomic E-state index is 11.8. The molecule has 1 atom stereocenters. The zero-order valence-electron chi connectivity index (χ0n) is 10.7. The van der Waals surface area contributed by atoms with Crippen molar-refractivity contribution in [1.82, 2.24) is 5.06 Å². The third-order valence-corrected chi connectivity index (χ3v) is 2.04. The Hall–Kier alpha value is -1.03. The molecule has 0 bridgehead atoms. The van der Waals surface area contributed by atoms with E-state index in [2.05, 4.69) is 0 Å². The van der Waals surface area contributed by atoms with E-state index in [1.165, 1.54) is 10.6 Å². The molecule has 1 fully saturated rings. The summed E-state index contributed by atoms with van der Waals surface area (Å²) in [7, 11) is 0. The van der Waals surface area contributed by atoms with Crippen LogP contribution >= 0.6 is 0 Å². The van der Waals surface area contributed by atoms with E-state index in [0.717, 1.165) is 6.42 Å². The number of hydrogen-bond donors (Lipinski definition) is 0. The average Bonchev–Trinajstić information content (AvgIpc) is 2.47. The monoisotopic (exact) mass is 227 g/mol. The summed E-state index contributed by atoms with van der Waals surface area (Å²) in [5.41, 5.74) is 0.683. The molecule has 1 saturated heterocycles. The Morgan fingerprint density at radius 2 is 2.06 bits per heavy atom. The first-order valence-corrected chi connectivity index (χ1v) is 5.60. The smallest absolute Gasteiger partial charge is 0.435 e. The molecule has 4 nitrogen and oxygen atoms in total. The second kappa shape index (κ2) is 4.87. The van der Waals surface area contributed by atoms with Gasteiger partial charge in [-0.3, -0.25) is 4.84 Å². The van der Waals surface area contributed by atoms with Crippen LogP contribution in [0.4, 0.5) is 4.79 Å². The normalized spacial score (nSPS) is 20.8. The molecule has 1 aliphatic rings. The number of rotatable bonds is 1. The number of carbonyl (C=O) groups is 1. The highest BCUT2D eigenvalue weighted by molar-refractivity contribution is 5.67. The van der Waals surface area contributed by atoms with Gasteiger partial charge in [-0.15, -0.1) is 0 Å². The van der Waals surface area contributed by atoms with Crippen molar-refractivity contribution in [2.75, 3.05) is 6.61 Å². The molecule has 16 heavy (non-hydrogen) atoms. The molecular weight excluding hydrogens is 206 g/mol. The second-order valence-corrected chi connectivity index (χ2v) is 5.24. The third-order valence-electron chi connectivity index (χ3n) is 2.04. The number of allylic oxidation sites excluding steroid dienone is 1. The Kier molecular flexibility index (Phi) is 3.97.